The van der Waals surface area contributed by atoms with Crippen LogP contribution in [0.5, 0.6) is 17.6 Å². The first kappa shape index (κ1) is 27.5. The Kier molecular flexibility index (Phi) is 6.23. The van der Waals surface area contributed by atoms with Crippen molar-refractivity contribution in [2.24, 2.45) is 0 Å². The molecule has 1 saturated carbocycles. The van der Waals surface area contributed by atoms with Gasteiger partial charge in [0.05, 0.1) is 24.8 Å². The summed E-state index contributed by atoms with van der Waals surface area (Å²) in [5, 5.41) is 11.2. The number of aromatic hydroxyl groups is 1. The number of rotatable bonds is 5. The SMILES string of the molecule is CN1c2nc(OC[C@@]34CCCN3C[C@H](F)C4)nc3c(F)c(-c4cc(O)cc(Cl)c4C4CC4)nc(c23)OC2(C)COCC1C2. The number of pyridine rings is 1. The zero-order chi connectivity index (χ0) is 29.7. The summed E-state index contributed by atoms with van der Waals surface area (Å²) in [4.78, 5) is 18.3. The number of phenols is 1. The first-order chi connectivity index (χ1) is 20.6. The second kappa shape index (κ2) is 9.74. The smallest absolute Gasteiger partial charge is 0.319 e. The van der Waals surface area contributed by atoms with Crippen molar-refractivity contribution in [2.45, 2.75) is 74.7 Å². The van der Waals surface area contributed by atoms with Gasteiger partial charge in [0.2, 0.25) is 5.88 Å². The molecule has 0 amide bonds. The van der Waals surface area contributed by atoms with Gasteiger partial charge in [-0.1, -0.05) is 11.6 Å². The lowest BCUT2D eigenvalue weighted by Crippen LogP contribution is -2.53. The number of likely N-dealkylation sites (N-methyl/N-ethyl adjacent to an activating group) is 1. The summed E-state index contributed by atoms with van der Waals surface area (Å²) in [6.45, 7) is 4.21. The van der Waals surface area contributed by atoms with Gasteiger partial charge < -0.3 is 24.2 Å². The highest BCUT2D eigenvalue weighted by Crippen LogP contribution is 2.51. The van der Waals surface area contributed by atoms with Crippen LogP contribution in [0, 0.1) is 5.82 Å². The average Bonchev–Trinajstić information content (AvgIpc) is 3.64. The maximum Gasteiger partial charge on any atom is 0.319 e. The maximum atomic E-state index is 16.8. The molecule has 1 aromatic carbocycles. The monoisotopic (exact) mass is 613 g/mol. The summed E-state index contributed by atoms with van der Waals surface area (Å²) in [6, 6.07) is 2.90. The molecule has 2 bridgehead atoms. The van der Waals surface area contributed by atoms with Crippen molar-refractivity contribution in [3.63, 3.8) is 0 Å². The Morgan fingerprint density at radius 3 is 2.86 bits per heavy atom. The fraction of sp³-hybridized carbons (Fsp3) is 0.581. The molecule has 4 fully saturated rings. The van der Waals surface area contributed by atoms with Gasteiger partial charge >= 0.3 is 6.01 Å². The Bertz CT molecular complexity index is 1640. The summed E-state index contributed by atoms with van der Waals surface area (Å²) >= 11 is 6.60. The molecule has 1 N–H and O–H groups in total. The minimum atomic E-state index is -0.901. The van der Waals surface area contributed by atoms with E-state index in [4.69, 9.17) is 35.8 Å². The number of ether oxygens (including phenoxy) is 3. The van der Waals surface area contributed by atoms with Crippen LogP contribution in [0.3, 0.4) is 0 Å². The van der Waals surface area contributed by atoms with Gasteiger partial charge in [0.1, 0.15) is 46.5 Å². The number of halogens is 3. The second-order valence-corrected chi connectivity index (χ2v) is 13.6. The van der Waals surface area contributed by atoms with E-state index in [-0.39, 0.29) is 47.4 Å². The van der Waals surface area contributed by atoms with Crippen LogP contribution in [-0.4, -0.2) is 88.3 Å². The van der Waals surface area contributed by atoms with E-state index < -0.39 is 23.1 Å². The van der Waals surface area contributed by atoms with Crippen LogP contribution in [0.4, 0.5) is 14.6 Å². The van der Waals surface area contributed by atoms with Crippen LogP contribution >= 0.6 is 11.6 Å². The third-order valence-electron chi connectivity index (χ3n) is 9.91. The number of aromatic nitrogens is 3. The standard InChI is InChI=1S/C31H34ClF2N5O4/c1-30-11-18(13-41-14-30)38(2)27-23-26(36-29(37-27)42-15-31-6-3-7-39(31)12-17(33)10-31)24(34)25(35-28(23)43-30)20-8-19(40)9-21(32)22(20)16-4-5-16/h8-9,16-18,40H,3-7,10-15H2,1-2H3/t17-,18?,30?,31+/m1/s1. The van der Waals surface area contributed by atoms with Crippen molar-refractivity contribution in [2.75, 3.05) is 44.9 Å². The molecular weight excluding hydrogens is 580 g/mol. The van der Waals surface area contributed by atoms with Gasteiger partial charge in [-0.25, -0.2) is 13.8 Å². The molecule has 0 radical (unpaired) electrons. The first-order valence-corrected chi connectivity index (χ1v) is 15.5. The molecule has 6 heterocycles. The zero-order valence-electron chi connectivity index (χ0n) is 24.2. The Morgan fingerprint density at radius 1 is 1.21 bits per heavy atom. The number of anilines is 1. The second-order valence-electron chi connectivity index (χ2n) is 13.2. The van der Waals surface area contributed by atoms with Crippen LogP contribution in [0.15, 0.2) is 12.1 Å². The van der Waals surface area contributed by atoms with E-state index in [0.29, 0.717) is 54.4 Å². The van der Waals surface area contributed by atoms with Crippen LogP contribution < -0.4 is 14.4 Å². The zero-order valence-corrected chi connectivity index (χ0v) is 25.0. The van der Waals surface area contributed by atoms with E-state index in [1.165, 1.54) is 12.1 Å². The summed E-state index contributed by atoms with van der Waals surface area (Å²) in [5.41, 5.74) is 0.0319. The summed E-state index contributed by atoms with van der Waals surface area (Å²) < 4.78 is 50.0. The van der Waals surface area contributed by atoms with Crippen molar-refractivity contribution < 1.29 is 28.1 Å². The Labute approximate surface area is 253 Å². The van der Waals surface area contributed by atoms with Crippen molar-refractivity contribution in [1.29, 1.82) is 0 Å². The van der Waals surface area contributed by atoms with Gasteiger partial charge in [-0.3, -0.25) is 4.90 Å². The van der Waals surface area contributed by atoms with Crippen molar-refractivity contribution in [3.05, 3.63) is 28.5 Å². The maximum absolute atomic E-state index is 16.8. The number of fused-ring (bicyclic) bond motifs is 3. The predicted molar refractivity (Wildman–Crippen MR) is 157 cm³/mol. The summed E-state index contributed by atoms with van der Waals surface area (Å²) in [7, 11) is 1.90. The third-order valence-corrected chi connectivity index (χ3v) is 10.2. The molecule has 3 aromatic rings. The number of hydrogen-bond donors (Lipinski definition) is 1. The predicted octanol–water partition coefficient (Wildman–Crippen LogP) is 5.40. The van der Waals surface area contributed by atoms with E-state index in [1.54, 1.807) is 0 Å². The molecule has 12 heteroatoms. The van der Waals surface area contributed by atoms with Crippen molar-refractivity contribution in [3.8, 4) is 28.9 Å². The molecule has 228 valence electrons. The molecule has 2 aromatic heterocycles. The molecule has 0 spiro atoms. The number of phenolic OH excluding ortho intramolecular Hbond substituents is 1. The normalized spacial score (nSPS) is 30.2. The number of hydrogen-bond acceptors (Lipinski definition) is 9. The lowest BCUT2D eigenvalue weighted by Gasteiger charge is -2.43. The molecular formula is C31H34ClF2N5O4. The molecule has 43 heavy (non-hydrogen) atoms. The van der Waals surface area contributed by atoms with Crippen molar-refractivity contribution in [1.82, 2.24) is 19.9 Å². The lowest BCUT2D eigenvalue weighted by atomic mass is 9.93. The Hall–Kier alpha value is -3.02. The fourth-order valence-corrected chi connectivity index (χ4v) is 8.03. The number of alkyl halides is 1. The number of nitrogens with zero attached hydrogens (tertiary/aromatic N) is 5. The quantitative estimate of drug-likeness (QED) is 0.406. The van der Waals surface area contributed by atoms with Crippen LogP contribution in [0.2, 0.25) is 5.02 Å². The van der Waals surface area contributed by atoms with Crippen LogP contribution in [-0.2, 0) is 4.74 Å². The molecule has 2 unspecified atom stereocenters. The summed E-state index contributed by atoms with van der Waals surface area (Å²) in [6.07, 6.45) is 3.77. The largest absolute Gasteiger partial charge is 0.508 e. The van der Waals surface area contributed by atoms with Crippen molar-refractivity contribution >= 4 is 28.3 Å². The summed E-state index contributed by atoms with van der Waals surface area (Å²) in [5.74, 6) is 0.00502. The van der Waals surface area contributed by atoms with Gasteiger partial charge in [0.15, 0.2) is 5.82 Å². The van der Waals surface area contributed by atoms with Gasteiger partial charge in [-0.05, 0) is 62.8 Å². The van der Waals surface area contributed by atoms with E-state index in [9.17, 15) is 9.50 Å². The van der Waals surface area contributed by atoms with E-state index in [0.717, 1.165) is 37.8 Å². The van der Waals surface area contributed by atoms with E-state index in [2.05, 4.69) is 9.88 Å². The lowest BCUT2D eigenvalue weighted by molar-refractivity contribution is -0.0678. The molecule has 8 rings (SSSR count). The molecule has 9 nitrogen and oxygen atoms in total. The molecule has 4 atom stereocenters. The van der Waals surface area contributed by atoms with Gasteiger partial charge in [-0.15, -0.1) is 0 Å². The van der Waals surface area contributed by atoms with Gasteiger partial charge in [0.25, 0.3) is 0 Å². The van der Waals surface area contributed by atoms with Crippen LogP contribution in [0.1, 0.15) is 56.9 Å². The topological polar surface area (TPSA) is 93.1 Å². The average molecular weight is 614 g/mol. The van der Waals surface area contributed by atoms with Gasteiger partial charge in [0, 0.05) is 37.0 Å². The molecule has 1 aliphatic carbocycles. The molecule has 3 saturated heterocycles. The molecule has 5 aliphatic rings. The Balaban J connectivity index is 1.32. The number of benzene rings is 1. The highest BCUT2D eigenvalue weighted by Gasteiger charge is 2.49. The van der Waals surface area contributed by atoms with E-state index in [1.807, 2.05) is 18.9 Å². The highest BCUT2D eigenvalue weighted by atomic mass is 35.5. The molecule has 4 aliphatic heterocycles. The van der Waals surface area contributed by atoms with Crippen LogP contribution in [0.25, 0.3) is 22.2 Å². The first-order valence-electron chi connectivity index (χ1n) is 15.1. The minimum absolute atomic E-state index is 0.00506. The Morgan fingerprint density at radius 2 is 2.05 bits per heavy atom. The van der Waals surface area contributed by atoms with E-state index >= 15 is 4.39 Å². The third kappa shape index (κ3) is 4.49. The highest BCUT2D eigenvalue weighted by molar-refractivity contribution is 6.32. The fourth-order valence-electron chi connectivity index (χ4n) is 7.66. The van der Waals surface area contributed by atoms with Gasteiger partial charge in [-0.2, -0.15) is 9.97 Å². The minimum Gasteiger partial charge on any atom is -0.508 e.